The van der Waals surface area contributed by atoms with Crippen LogP contribution in [-0.4, -0.2) is 44.6 Å². The van der Waals surface area contributed by atoms with Crippen molar-refractivity contribution in [1.29, 1.82) is 0 Å². The lowest BCUT2D eigenvalue weighted by atomic mass is 10.2. The van der Waals surface area contributed by atoms with Gasteiger partial charge in [0, 0.05) is 0 Å². The number of aryl methyl sites for hydroxylation is 1. The van der Waals surface area contributed by atoms with Crippen LogP contribution in [0.1, 0.15) is 25.3 Å². The van der Waals surface area contributed by atoms with Crippen molar-refractivity contribution in [2.75, 3.05) is 19.5 Å². The quantitative estimate of drug-likeness (QED) is 0.228. The number of carbonyl (C=O) groups excluding carboxylic acids is 1. The van der Waals surface area contributed by atoms with Crippen molar-refractivity contribution < 1.29 is 14.3 Å². The summed E-state index contributed by atoms with van der Waals surface area (Å²) >= 11 is 1.23. The Kier molecular flexibility index (Phi) is 6.45. The standard InChI is InChI=1S/C23H24N4O4S/c1-4-5-12-31-20(28)14-32-23-25-24-22-26(18-13-15(2)10-11-19(18)30-3)21(29)16-8-6-7-9-17(16)27(22)23/h6-11,13H,4-5,12,14H2,1-3H3. The number of unbranched alkanes of at least 4 members (excludes halogenated alkanes) is 1. The lowest BCUT2D eigenvalue weighted by Crippen LogP contribution is -2.22. The molecule has 0 saturated heterocycles. The third-order valence-corrected chi connectivity index (χ3v) is 5.95. The molecule has 166 valence electrons. The normalized spacial score (nSPS) is 11.2. The minimum atomic E-state index is -0.307. The predicted molar refractivity (Wildman–Crippen MR) is 124 cm³/mol. The molecule has 2 heterocycles. The van der Waals surface area contributed by atoms with E-state index >= 15 is 0 Å². The van der Waals surface area contributed by atoms with Gasteiger partial charge in [0.25, 0.3) is 5.56 Å². The zero-order valence-corrected chi connectivity index (χ0v) is 19.0. The Morgan fingerprint density at radius 1 is 1.16 bits per heavy atom. The number of carbonyl (C=O) groups is 1. The van der Waals surface area contributed by atoms with Crippen molar-refractivity contribution in [3.05, 3.63) is 58.4 Å². The van der Waals surface area contributed by atoms with Crippen LogP contribution in [-0.2, 0) is 9.53 Å². The summed E-state index contributed by atoms with van der Waals surface area (Å²) in [5.41, 5.74) is 2.00. The third kappa shape index (κ3) is 4.08. The van der Waals surface area contributed by atoms with E-state index < -0.39 is 0 Å². The predicted octanol–water partition coefficient (Wildman–Crippen LogP) is 3.79. The molecule has 0 aliphatic rings. The fourth-order valence-corrected chi connectivity index (χ4v) is 4.20. The summed E-state index contributed by atoms with van der Waals surface area (Å²) in [7, 11) is 1.56. The van der Waals surface area contributed by atoms with Crippen molar-refractivity contribution >= 4 is 34.4 Å². The summed E-state index contributed by atoms with van der Waals surface area (Å²) in [6.45, 7) is 4.40. The second kappa shape index (κ2) is 9.44. The lowest BCUT2D eigenvalue weighted by Gasteiger charge is -2.14. The van der Waals surface area contributed by atoms with Gasteiger partial charge in [0.15, 0.2) is 5.16 Å². The molecule has 2 aromatic carbocycles. The first-order valence-electron chi connectivity index (χ1n) is 10.4. The van der Waals surface area contributed by atoms with Crippen LogP contribution in [0.15, 0.2) is 52.4 Å². The van der Waals surface area contributed by atoms with Gasteiger partial charge in [-0.05, 0) is 43.2 Å². The topological polar surface area (TPSA) is 87.7 Å². The monoisotopic (exact) mass is 452 g/mol. The van der Waals surface area contributed by atoms with Gasteiger partial charge in [0.2, 0.25) is 5.78 Å². The van der Waals surface area contributed by atoms with Gasteiger partial charge < -0.3 is 9.47 Å². The maximum Gasteiger partial charge on any atom is 0.316 e. The molecule has 0 amide bonds. The van der Waals surface area contributed by atoms with Crippen LogP contribution < -0.4 is 10.3 Å². The van der Waals surface area contributed by atoms with Crippen molar-refractivity contribution in [2.24, 2.45) is 0 Å². The van der Waals surface area contributed by atoms with E-state index in [9.17, 15) is 9.59 Å². The van der Waals surface area contributed by atoms with Crippen LogP contribution >= 0.6 is 11.8 Å². The molecule has 0 radical (unpaired) electrons. The van der Waals surface area contributed by atoms with Crippen molar-refractivity contribution in [2.45, 2.75) is 31.8 Å². The number of aromatic nitrogens is 4. The van der Waals surface area contributed by atoms with E-state index in [-0.39, 0.29) is 17.3 Å². The van der Waals surface area contributed by atoms with E-state index in [1.165, 1.54) is 16.3 Å². The summed E-state index contributed by atoms with van der Waals surface area (Å²) < 4.78 is 14.1. The Balaban J connectivity index is 1.86. The molecule has 9 heteroatoms. The highest BCUT2D eigenvalue weighted by Gasteiger charge is 2.20. The van der Waals surface area contributed by atoms with E-state index in [2.05, 4.69) is 10.2 Å². The van der Waals surface area contributed by atoms with Gasteiger partial charge in [0.05, 0.1) is 36.1 Å². The number of hydrogen-bond donors (Lipinski definition) is 0. The Bertz CT molecular complexity index is 1350. The fraction of sp³-hybridized carbons (Fsp3) is 0.304. The van der Waals surface area contributed by atoms with Crippen LogP contribution in [0.25, 0.3) is 22.4 Å². The van der Waals surface area contributed by atoms with Crippen LogP contribution in [0.3, 0.4) is 0 Å². The fourth-order valence-electron chi connectivity index (χ4n) is 3.46. The van der Waals surface area contributed by atoms with Gasteiger partial charge in [-0.3, -0.25) is 14.0 Å². The van der Waals surface area contributed by atoms with Crippen molar-refractivity contribution in [3.63, 3.8) is 0 Å². The molecule has 32 heavy (non-hydrogen) atoms. The van der Waals surface area contributed by atoms with Gasteiger partial charge >= 0.3 is 5.97 Å². The zero-order chi connectivity index (χ0) is 22.7. The molecule has 0 atom stereocenters. The molecule has 0 bridgehead atoms. The molecular formula is C23H24N4O4S. The minimum Gasteiger partial charge on any atom is -0.495 e. The second-order valence-corrected chi connectivity index (χ2v) is 8.26. The second-order valence-electron chi connectivity index (χ2n) is 7.31. The smallest absolute Gasteiger partial charge is 0.316 e. The molecule has 0 unspecified atom stereocenters. The highest BCUT2D eigenvalue weighted by atomic mass is 32.2. The van der Waals surface area contributed by atoms with Gasteiger partial charge in [-0.15, -0.1) is 10.2 Å². The minimum absolute atomic E-state index is 0.103. The highest BCUT2D eigenvalue weighted by molar-refractivity contribution is 7.99. The number of methoxy groups -OCH3 is 1. The molecule has 4 aromatic rings. The van der Waals surface area contributed by atoms with E-state index in [0.717, 1.165) is 18.4 Å². The average Bonchev–Trinajstić information content (AvgIpc) is 3.22. The first-order valence-corrected chi connectivity index (χ1v) is 11.4. The SMILES string of the molecule is CCCCOC(=O)CSc1nnc2n(-c3cc(C)ccc3OC)c(=O)c3ccccc3n12. The summed E-state index contributed by atoms with van der Waals surface area (Å²) in [5, 5.41) is 9.61. The molecule has 0 fully saturated rings. The molecule has 4 rings (SSSR count). The van der Waals surface area contributed by atoms with E-state index in [4.69, 9.17) is 9.47 Å². The Morgan fingerprint density at radius 2 is 1.97 bits per heavy atom. The summed E-state index contributed by atoms with van der Waals surface area (Å²) in [6.07, 6.45) is 1.79. The zero-order valence-electron chi connectivity index (χ0n) is 18.2. The molecule has 0 aliphatic carbocycles. The van der Waals surface area contributed by atoms with E-state index in [1.54, 1.807) is 17.6 Å². The van der Waals surface area contributed by atoms with E-state index in [0.29, 0.717) is 39.9 Å². The molecule has 0 saturated carbocycles. The number of rotatable bonds is 8. The number of hydrogen-bond acceptors (Lipinski definition) is 7. The van der Waals surface area contributed by atoms with Gasteiger partial charge in [-0.1, -0.05) is 43.3 Å². The number of esters is 1. The molecular weight excluding hydrogens is 428 g/mol. The molecule has 0 aliphatic heterocycles. The number of thioether (sulfide) groups is 1. The maximum atomic E-state index is 13.5. The Morgan fingerprint density at radius 3 is 2.75 bits per heavy atom. The average molecular weight is 453 g/mol. The number of ether oxygens (including phenoxy) is 2. The van der Waals surface area contributed by atoms with Crippen LogP contribution in [0, 0.1) is 6.92 Å². The number of fused-ring (bicyclic) bond motifs is 3. The van der Waals surface area contributed by atoms with Gasteiger partial charge in [0.1, 0.15) is 5.75 Å². The summed E-state index contributed by atoms with van der Waals surface area (Å²) in [6, 6.07) is 12.9. The largest absolute Gasteiger partial charge is 0.495 e. The maximum absolute atomic E-state index is 13.5. The third-order valence-electron chi connectivity index (χ3n) is 5.05. The van der Waals surface area contributed by atoms with Crippen molar-refractivity contribution in [1.82, 2.24) is 19.2 Å². The molecule has 0 spiro atoms. The van der Waals surface area contributed by atoms with Crippen LogP contribution in [0.4, 0.5) is 0 Å². The lowest BCUT2D eigenvalue weighted by molar-refractivity contribution is -0.140. The summed E-state index contributed by atoms with van der Waals surface area (Å²) in [5.74, 6) is 0.690. The van der Waals surface area contributed by atoms with E-state index in [1.807, 2.05) is 50.2 Å². The van der Waals surface area contributed by atoms with Crippen LogP contribution in [0.5, 0.6) is 5.75 Å². The van der Waals surface area contributed by atoms with Gasteiger partial charge in [-0.25, -0.2) is 4.57 Å². The van der Waals surface area contributed by atoms with Crippen molar-refractivity contribution in [3.8, 4) is 11.4 Å². The van der Waals surface area contributed by atoms with Crippen LogP contribution in [0.2, 0.25) is 0 Å². The Hall–Kier alpha value is -3.33. The first kappa shape index (κ1) is 21.9. The first-order chi connectivity index (χ1) is 15.5. The number of para-hydroxylation sites is 1. The number of nitrogens with zero attached hydrogens (tertiary/aromatic N) is 4. The highest BCUT2D eigenvalue weighted by Crippen LogP contribution is 2.27. The molecule has 2 aromatic heterocycles. The number of benzene rings is 2. The Labute approximate surface area is 189 Å². The molecule has 8 nitrogen and oxygen atoms in total. The summed E-state index contributed by atoms with van der Waals surface area (Å²) in [4.78, 5) is 25.6. The molecule has 0 N–H and O–H groups in total. The van der Waals surface area contributed by atoms with Gasteiger partial charge in [-0.2, -0.15) is 0 Å².